The van der Waals surface area contributed by atoms with Crippen LogP contribution in [-0.2, 0) is 14.4 Å². The average molecular weight is 477 g/mol. The number of aliphatic carboxylic acids is 1. The summed E-state index contributed by atoms with van der Waals surface area (Å²) < 4.78 is 5.45. The first-order chi connectivity index (χ1) is 16.4. The van der Waals surface area contributed by atoms with Crippen LogP contribution in [0.3, 0.4) is 0 Å². The second-order valence-corrected chi connectivity index (χ2v) is 8.22. The van der Waals surface area contributed by atoms with E-state index in [0.29, 0.717) is 18.0 Å². The summed E-state index contributed by atoms with van der Waals surface area (Å²) in [5, 5.41) is 13.7. The number of rotatable bonds is 10. The molecule has 0 fully saturated rings. The maximum atomic E-state index is 13.2. The Hall–Kier alpha value is -4.04. The average Bonchev–Trinajstić information content (AvgIpc) is 2.84. The molecule has 0 aliphatic heterocycles. The molecule has 3 rings (SSSR count). The SMILES string of the molecule is CCOc1ccc(NC(=O)C(Sc2ccc(NC(=O)/C=C/C(=O)O)cc2)c2ccccc2)cc1. The van der Waals surface area contributed by atoms with Gasteiger partial charge in [-0.1, -0.05) is 30.3 Å². The van der Waals surface area contributed by atoms with Gasteiger partial charge in [0.2, 0.25) is 11.8 Å². The van der Waals surface area contributed by atoms with Crippen molar-refractivity contribution in [1.29, 1.82) is 0 Å². The summed E-state index contributed by atoms with van der Waals surface area (Å²) in [6.07, 6.45) is 1.72. The Bertz CT molecular complexity index is 1150. The van der Waals surface area contributed by atoms with Crippen LogP contribution in [0.2, 0.25) is 0 Å². The molecular formula is C26H24N2O5S. The molecule has 3 N–H and O–H groups in total. The van der Waals surface area contributed by atoms with Crippen molar-refractivity contribution in [2.75, 3.05) is 17.2 Å². The van der Waals surface area contributed by atoms with Gasteiger partial charge in [0.15, 0.2) is 0 Å². The van der Waals surface area contributed by atoms with E-state index in [9.17, 15) is 14.4 Å². The Morgan fingerprint density at radius 2 is 1.50 bits per heavy atom. The van der Waals surface area contributed by atoms with E-state index in [4.69, 9.17) is 9.84 Å². The van der Waals surface area contributed by atoms with E-state index in [0.717, 1.165) is 28.4 Å². The van der Waals surface area contributed by atoms with Crippen molar-refractivity contribution in [1.82, 2.24) is 0 Å². The second kappa shape index (κ2) is 12.3. The van der Waals surface area contributed by atoms with Crippen molar-refractivity contribution < 1.29 is 24.2 Å². The highest BCUT2D eigenvalue weighted by Crippen LogP contribution is 2.36. The minimum absolute atomic E-state index is 0.170. The number of carboxylic acids is 1. The third kappa shape index (κ3) is 7.53. The number of nitrogens with one attached hydrogen (secondary N) is 2. The van der Waals surface area contributed by atoms with Gasteiger partial charge in [0, 0.05) is 28.4 Å². The largest absolute Gasteiger partial charge is 0.494 e. The first-order valence-corrected chi connectivity index (χ1v) is 11.4. The molecule has 0 saturated heterocycles. The van der Waals surface area contributed by atoms with Gasteiger partial charge in [-0.25, -0.2) is 4.79 Å². The van der Waals surface area contributed by atoms with E-state index in [1.165, 1.54) is 11.8 Å². The van der Waals surface area contributed by atoms with Gasteiger partial charge in [-0.05, 0) is 61.0 Å². The predicted molar refractivity (Wildman–Crippen MR) is 133 cm³/mol. The van der Waals surface area contributed by atoms with E-state index in [2.05, 4.69) is 10.6 Å². The van der Waals surface area contributed by atoms with Crippen LogP contribution in [0.15, 0.2) is 95.9 Å². The first-order valence-electron chi connectivity index (χ1n) is 10.5. The van der Waals surface area contributed by atoms with Crippen LogP contribution < -0.4 is 15.4 Å². The Kier molecular flexibility index (Phi) is 8.88. The van der Waals surface area contributed by atoms with Gasteiger partial charge in [-0.3, -0.25) is 9.59 Å². The maximum absolute atomic E-state index is 13.2. The maximum Gasteiger partial charge on any atom is 0.328 e. The highest BCUT2D eigenvalue weighted by atomic mass is 32.2. The van der Waals surface area contributed by atoms with Gasteiger partial charge in [-0.2, -0.15) is 0 Å². The van der Waals surface area contributed by atoms with Crippen LogP contribution in [-0.4, -0.2) is 29.5 Å². The minimum Gasteiger partial charge on any atom is -0.494 e. The fourth-order valence-corrected chi connectivity index (χ4v) is 4.02. The second-order valence-electron chi connectivity index (χ2n) is 7.04. The molecule has 0 bridgehead atoms. The Morgan fingerprint density at radius 3 is 2.12 bits per heavy atom. The molecule has 1 unspecified atom stereocenters. The van der Waals surface area contributed by atoms with Gasteiger partial charge in [0.1, 0.15) is 11.0 Å². The molecule has 0 aromatic heterocycles. The van der Waals surface area contributed by atoms with Gasteiger partial charge < -0.3 is 20.5 Å². The zero-order chi connectivity index (χ0) is 24.3. The monoisotopic (exact) mass is 476 g/mol. The number of benzene rings is 3. The zero-order valence-electron chi connectivity index (χ0n) is 18.4. The van der Waals surface area contributed by atoms with Crippen molar-refractivity contribution in [2.24, 2.45) is 0 Å². The third-order valence-electron chi connectivity index (χ3n) is 4.53. The summed E-state index contributed by atoms with van der Waals surface area (Å²) in [5.41, 5.74) is 2.04. The van der Waals surface area contributed by atoms with E-state index < -0.39 is 17.1 Å². The molecule has 1 atom stereocenters. The van der Waals surface area contributed by atoms with Crippen molar-refractivity contribution in [3.8, 4) is 5.75 Å². The number of anilines is 2. The number of carbonyl (C=O) groups excluding carboxylic acids is 2. The molecule has 3 aromatic carbocycles. The molecule has 0 saturated carbocycles. The quantitative estimate of drug-likeness (QED) is 0.277. The zero-order valence-corrected chi connectivity index (χ0v) is 19.2. The van der Waals surface area contributed by atoms with E-state index in [-0.39, 0.29) is 5.91 Å². The summed E-state index contributed by atoms with van der Waals surface area (Å²) in [4.78, 5) is 36.3. The smallest absolute Gasteiger partial charge is 0.328 e. The molecule has 34 heavy (non-hydrogen) atoms. The number of carbonyl (C=O) groups is 3. The lowest BCUT2D eigenvalue weighted by molar-refractivity contribution is -0.131. The highest BCUT2D eigenvalue weighted by molar-refractivity contribution is 8.00. The van der Waals surface area contributed by atoms with Crippen molar-refractivity contribution >= 4 is 40.9 Å². The molecule has 3 aromatic rings. The predicted octanol–water partition coefficient (Wildman–Crippen LogP) is 5.14. The third-order valence-corrected chi connectivity index (χ3v) is 5.79. The fourth-order valence-electron chi connectivity index (χ4n) is 2.99. The van der Waals surface area contributed by atoms with Gasteiger partial charge in [0.25, 0.3) is 0 Å². The van der Waals surface area contributed by atoms with Gasteiger partial charge in [0.05, 0.1) is 6.61 Å². The number of ether oxygens (including phenoxy) is 1. The molecule has 7 nitrogen and oxygen atoms in total. The normalized spacial score (nSPS) is 11.6. The summed E-state index contributed by atoms with van der Waals surface area (Å²) in [5.74, 6) is -1.17. The summed E-state index contributed by atoms with van der Waals surface area (Å²) in [6.45, 7) is 2.48. The Labute approximate surface area is 201 Å². The summed E-state index contributed by atoms with van der Waals surface area (Å²) >= 11 is 1.38. The molecule has 0 aliphatic carbocycles. The van der Waals surface area contributed by atoms with Crippen LogP contribution >= 0.6 is 11.8 Å². The lowest BCUT2D eigenvalue weighted by atomic mass is 10.1. The fraction of sp³-hybridized carbons (Fsp3) is 0.115. The van der Waals surface area contributed by atoms with Gasteiger partial charge >= 0.3 is 5.97 Å². The van der Waals surface area contributed by atoms with E-state index >= 15 is 0 Å². The van der Waals surface area contributed by atoms with Gasteiger partial charge in [-0.15, -0.1) is 11.8 Å². The Morgan fingerprint density at radius 1 is 0.882 bits per heavy atom. The van der Waals surface area contributed by atoms with Crippen molar-refractivity contribution in [3.63, 3.8) is 0 Å². The molecular weight excluding hydrogens is 452 g/mol. The number of thioether (sulfide) groups is 1. The molecule has 0 heterocycles. The molecule has 2 amide bonds. The van der Waals surface area contributed by atoms with Crippen LogP contribution in [0, 0.1) is 0 Å². The number of hydrogen-bond donors (Lipinski definition) is 3. The molecule has 0 aliphatic rings. The topological polar surface area (TPSA) is 105 Å². The van der Waals surface area contributed by atoms with Crippen LogP contribution in [0.25, 0.3) is 0 Å². The standard InChI is InChI=1S/C26H24N2O5S/c1-2-33-21-12-8-20(9-13-21)28-26(32)25(18-6-4-3-5-7-18)34-22-14-10-19(11-15-22)27-23(29)16-17-24(30)31/h3-17,25H,2H2,1H3,(H,27,29)(H,28,32)(H,30,31)/b17-16+. The number of amides is 2. The van der Waals surface area contributed by atoms with E-state index in [1.807, 2.05) is 49.4 Å². The lowest BCUT2D eigenvalue weighted by Crippen LogP contribution is -2.19. The first kappa shape index (κ1) is 24.6. The number of hydrogen-bond acceptors (Lipinski definition) is 5. The van der Waals surface area contributed by atoms with Crippen molar-refractivity contribution in [3.05, 3.63) is 96.6 Å². The minimum atomic E-state index is -1.20. The Balaban J connectivity index is 1.72. The van der Waals surface area contributed by atoms with Crippen LogP contribution in [0.5, 0.6) is 5.75 Å². The van der Waals surface area contributed by atoms with Crippen LogP contribution in [0.4, 0.5) is 11.4 Å². The summed E-state index contributed by atoms with van der Waals surface area (Å²) in [7, 11) is 0. The van der Waals surface area contributed by atoms with Crippen LogP contribution in [0.1, 0.15) is 17.7 Å². The molecule has 0 spiro atoms. The molecule has 0 radical (unpaired) electrons. The number of carboxylic acid groups (broad SMARTS) is 1. The molecule has 174 valence electrons. The highest BCUT2D eigenvalue weighted by Gasteiger charge is 2.22. The van der Waals surface area contributed by atoms with E-state index in [1.54, 1.807) is 36.4 Å². The molecule has 8 heteroatoms. The lowest BCUT2D eigenvalue weighted by Gasteiger charge is -2.17. The van der Waals surface area contributed by atoms with Crippen molar-refractivity contribution in [2.45, 2.75) is 17.1 Å². The summed E-state index contributed by atoms with van der Waals surface area (Å²) in [6, 6.07) is 23.7.